The summed E-state index contributed by atoms with van der Waals surface area (Å²) >= 11 is 0. The van der Waals surface area contributed by atoms with Gasteiger partial charge in [-0.05, 0) is 43.0 Å². The first-order valence-corrected chi connectivity index (χ1v) is 9.79. The van der Waals surface area contributed by atoms with Gasteiger partial charge in [0.1, 0.15) is 0 Å². The van der Waals surface area contributed by atoms with Crippen LogP contribution in [-0.4, -0.2) is 29.1 Å². The third-order valence-corrected chi connectivity index (χ3v) is 4.74. The molecule has 1 rings (SSSR count). The molecule has 0 fully saturated rings. The molecule has 0 bridgehead atoms. The number of amides is 1. The highest BCUT2D eigenvalue weighted by atomic mass is 19.4. The normalized spacial score (nSPS) is 14.2. The zero-order valence-corrected chi connectivity index (χ0v) is 17.2. The summed E-state index contributed by atoms with van der Waals surface area (Å²) in [7, 11) is 0. The quantitative estimate of drug-likeness (QED) is 0.421. The van der Waals surface area contributed by atoms with Crippen molar-refractivity contribution in [1.29, 1.82) is 0 Å². The van der Waals surface area contributed by atoms with Gasteiger partial charge in [0.15, 0.2) is 0 Å². The van der Waals surface area contributed by atoms with Crippen molar-refractivity contribution < 1.29 is 41.0 Å². The lowest BCUT2D eigenvalue weighted by Gasteiger charge is -2.23. The molecule has 0 heterocycles. The van der Waals surface area contributed by atoms with Crippen LogP contribution in [0, 0.1) is 0 Å². The molecule has 0 saturated carbocycles. The van der Waals surface area contributed by atoms with Gasteiger partial charge in [-0.2, -0.15) is 26.3 Å². The molecule has 0 aliphatic rings. The van der Waals surface area contributed by atoms with Gasteiger partial charge in [-0.15, -0.1) is 0 Å². The maximum Gasteiger partial charge on any atom is 0.416 e. The first-order valence-electron chi connectivity index (χ1n) is 9.79. The van der Waals surface area contributed by atoms with Gasteiger partial charge in [0.25, 0.3) is 0 Å². The molecule has 0 spiro atoms. The van der Waals surface area contributed by atoms with Crippen LogP contribution in [0.2, 0.25) is 0 Å². The molecule has 0 radical (unpaired) electrons. The number of alkyl halides is 6. The number of benzene rings is 1. The van der Waals surface area contributed by atoms with Gasteiger partial charge in [0.2, 0.25) is 5.91 Å². The Balaban J connectivity index is 2.72. The van der Waals surface area contributed by atoms with Gasteiger partial charge >= 0.3 is 18.3 Å². The number of hydrogen-bond acceptors (Lipinski definition) is 3. The number of carbonyl (C=O) groups excluding carboxylic acids is 1. The number of halogens is 6. The van der Waals surface area contributed by atoms with Gasteiger partial charge in [0.05, 0.1) is 17.5 Å². The number of carbonyl (C=O) groups is 2. The lowest BCUT2D eigenvalue weighted by molar-refractivity contribution is -0.143. The third-order valence-electron chi connectivity index (χ3n) is 4.74. The summed E-state index contributed by atoms with van der Waals surface area (Å²) in [5.74, 6) is -1.48. The van der Waals surface area contributed by atoms with E-state index in [-0.39, 0.29) is 36.6 Å². The molecule has 2 atom stereocenters. The van der Waals surface area contributed by atoms with Crippen molar-refractivity contribution >= 4 is 11.9 Å². The number of carboxylic acid groups (broad SMARTS) is 1. The fourth-order valence-corrected chi connectivity index (χ4v) is 2.99. The Bertz CT molecular complexity index is 717. The molecule has 1 aromatic rings. The lowest BCUT2D eigenvalue weighted by Crippen LogP contribution is -2.39. The summed E-state index contributed by atoms with van der Waals surface area (Å²) in [6, 6.07) is 0.758. The average molecular weight is 456 g/mol. The predicted molar refractivity (Wildman–Crippen MR) is 101 cm³/mol. The van der Waals surface area contributed by atoms with E-state index in [4.69, 9.17) is 5.11 Å². The second-order valence-corrected chi connectivity index (χ2v) is 7.20. The van der Waals surface area contributed by atoms with Crippen molar-refractivity contribution in [3.8, 4) is 0 Å². The minimum absolute atomic E-state index is 0.0138. The Labute approximate surface area is 176 Å². The van der Waals surface area contributed by atoms with Crippen molar-refractivity contribution in [3.05, 3.63) is 34.9 Å². The highest BCUT2D eigenvalue weighted by molar-refractivity contribution is 5.75. The highest BCUT2D eigenvalue weighted by Gasteiger charge is 2.36. The largest absolute Gasteiger partial charge is 0.481 e. The number of rotatable bonds is 11. The van der Waals surface area contributed by atoms with Crippen molar-refractivity contribution in [2.24, 2.45) is 0 Å². The van der Waals surface area contributed by atoms with Gasteiger partial charge in [0, 0.05) is 25.0 Å². The van der Waals surface area contributed by atoms with Crippen molar-refractivity contribution in [1.82, 2.24) is 10.6 Å². The van der Waals surface area contributed by atoms with Crippen LogP contribution in [0.5, 0.6) is 0 Å². The second-order valence-electron chi connectivity index (χ2n) is 7.20. The molecule has 1 aromatic carbocycles. The molecule has 5 nitrogen and oxygen atoms in total. The first kappa shape index (κ1) is 26.7. The van der Waals surface area contributed by atoms with Gasteiger partial charge in [-0.1, -0.05) is 13.8 Å². The van der Waals surface area contributed by atoms with E-state index in [0.717, 1.165) is 0 Å². The number of hydrogen-bond donors (Lipinski definition) is 3. The van der Waals surface area contributed by atoms with Crippen LogP contribution in [0.25, 0.3) is 0 Å². The topological polar surface area (TPSA) is 78.4 Å². The third kappa shape index (κ3) is 9.58. The summed E-state index contributed by atoms with van der Waals surface area (Å²) in [5.41, 5.74) is -3.19. The molecule has 31 heavy (non-hydrogen) atoms. The smallest absolute Gasteiger partial charge is 0.416 e. The van der Waals surface area contributed by atoms with Gasteiger partial charge in [-0.3, -0.25) is 9.59 Å². The summed E-state index contributed by atoms with van der Waals surface area (Å²) in [6.45, 7) is 3.20. The summed E-state index contributed by atoms with van der Waals surface area (Å²) in [4.78, 5) is 22.9. The van der Waals surface area contributed by atoms with E-state index in [2.05, 4.69) is 10.6 Å². The molecule has 176 valence electrons. The average Bonchev–Trinajstić information content (AvgIpc) is 2.66. The van der Waals surface area contributed by atoms with E-state index in [1.54, 1.807) is 0 Å². The molecular weight excluding hydrogens is 430 g/mol. The Morgan fingerprint density at radius 2 is 1.45 bits per heavy atom. The molecule has 3 N–H and O–H groups in total. The van der Waals surface area contributed by atoms with Crippen LogP contribution in [0.3, 0.4) is 0 Å². The van der Waals surface area contributed by atoms with E-state index in [9.17, 15) is 35.9 Å². The van der Waals surface area contributed by atoms with Crippen LogP contribution in [-0.2, 0) is 28.5 Å². The molecule has 11 heteroatoms. The van der Waals surface area contributed by atoms with Crippen molar-refractivity contribution in [2.45, 2.75) is 76.9 Å². The Hall–Kier alpha value is -2.30. The number of carboxylic acids is 1. The monoisotopic (exact) mass is 456 g/mol. The number of nitrogens with one attached hydrogen (secondary N) is 2. The lowest BCUT2D eigenvalue weighted by atomic mass is 10.0. The molecule has 0 aromatic heterocycles. The van der Waals surface area contributed by atoms with Crippen LogP contribution in [0.4, 0.5) is 26.3 Å². The maximum atomic E-state index is 12.9. The highest BCUT2D eigenvalue weighted by Crippen LogP contribution is 2.36. The van der Waals surface area contributed by atoms with Crippen LogP contribution in [0.15, 0.2) is 18.2 Å². The van der Waals surface area contributed by atoms with E-state index >= 15 is 0 Å². The SMILES string of the molecule is CCC(CC(=O)O)N[C@H](CC)CCC(=O)NCc1cc(C(F)(F)F)cc(C(F)(F)F)c1. The van der Waals surface area contributed by atoms with Gasteiger partial charge in [-0.25, -0.2) is 0 Å². The van der Waals surface area contributed by atoms with Crippen molar-refractivity contribution in [3.63, 3.8) is 0 Å². The molecule has 1 unspecified atom stereocenters. The van der Waals surface area contributed by atoms with E-state index in [1.807, 2.05) is 13.8 Å². The second kappa shape index (κ2) is 11.4. The Morgan fingerprint density at radius 3 is 1.87 bits per heavy atom. The van der Waals surface area contributed by atoms with Crippen molar-refractivity contribution in [2.75, 3.05) is 0 Å². The standard InChI is InChI=1S/C20H26F6N2O3/c1-3-15(28-16(4-2)10-18(30)31)5-6-17(29)27-11-12-7-13(19(21,22)23)9-14(8-12)20(24,25)26/h7-9,15-16,28H,3-6,10-11H2,1-2H3,(H,27,29)(H,30,31)/t15-,16?/m1/s1. The molecule has 0 aliphatic heterocycles. The van der Waals surface area contributed by atoms with E-state index in [0.29, 0.717) is 31.4 Å². The van der Waals surface area contributed by atoms with E-state index < -0.39 is 41.9 Å². The Kier molecular flexibility index (Phi) is 9.79. The van der Waals surface area contributed by atoms with Crippen LogP contribution in [0.1, 0.15) is 62.6 Å². The van der Waals surface area contributed by atoms with Crippen LogP contribution >= 0.6 is 0 Å². The zero-order chi connectivity index (χ0) is 23.8. The summed E-state index contributed by atoms with van der Waals surface area (Å²) in [6.07, 6.45) is -8.46. The zero-order valence-electron chi connectivity index (χ0n) is 17.2. The molecule has 0 saturated heterocycles. The summed E-state index contributed by atoms with van der Waals surface area (Å²) in [5, 5.41) is 14.4. The maximum absolute atomic E-state index is 12.9. The Morgan fingerprint density at radius 1 is 0.935 bits per heavy atom. The van der Waals surface area contributed by atoms with Gasteiger partial charge < -0.3 is 15.7 Å². The van der Waals surface area contributed by atoms with Crippen LogP contribution < -0.4 is 10.6 Å². The fraction of sp³-hybridized carbons (Fsp3) is 0.600. The minimum atomic E-state index is -4.95. The molecule has 0 aliphatic carbocycles. The minimum Gasteiger partial charge on any atom is -0.481 e. The first-order chi connectivity index (χ1) is 14.3. The summed E-state index contributed by atoms with van der Waals surface area (Å²) < 4.78 is 77.4. The number of aliphatic carboxylic acids is 1. The molecular formula is C20H26F6N2O3. The van der Waals surface area contributed by atoms with E-state index in [1.165, 1.54) is 0 Å². The molecule has 1 amide bonds. The predicted octanol–water partition coefficient (Wildman–Crippen LogP) is 4.74. The fourth-order valence-electron chi connectivity index (χ4n) is 2.99.